The fourth-order valence-corrected chi connectivity index (χ4v) is 3.39. The van der Waals surface area contributed by atoms with Crippen LogP contribution in [0.1, 0.15) is 10.4 Å². The van der Waals surface area contributed by atoms with E-state index in [1.165, 1.54) is 11.0 Å². The van der Waals surface area contributed by atoms with Crippen molar-refractivity contribution in [2.24, 2.45) is 0 Å². The molecule has 0 bridgehead atoms. The van der Waals surface area contributed by atoms with Gasteiger partial charge in [-0.25, -0.2) is 17.6 Å². The van der Waals surface area contributed by atoms with E-state index in [4.69, 9.17) is 23.2 Å². The second-order valence-corrected chi connectivity index (χ2v) is 6.90. The van der Waals surface area contributed by atoms with E-state index in [1.807, 2.05) is 0 Å². The van der Waals surface area contributed by atoms with E-state index < -0.39 is 44.8 Å². The van der Waals surface area contributed by atoms with Crippen molar-refractivity contribution >= 4 is 40.5 Å². The second-order valence-electron chi connectivity index (χ2n) is 6.12. The van der Waals surface area contributed by atoms with Crippen LogP contribution in [0, 0.1) is 33.4 Å². The van der Waals surface area contributed by atoms with E-state index in [2.05, 4.69) is 0 Å². The summed E-state index contributed by atoms with van der Waals surface area (Å²) in [4.78, 5) is 25.1. The summed E-state index contributed by atoms with van der Waals surface area (Å²) < 4.78 is 55.6. The summed E-state index contributed by atoms with van der Waals surface area (Å²) in [6.07, 6.45) is 0. The van der Waals surface area contributed by atoms with Crippen molar-refractivity contribution in [3.63, 3.8) is 0 Å². The van der Waals surface area contributed by atoms with Gasteiger partial charge < -0.3 is 9.80 Å². The smallest absolute Gasteiger partial charge is 0.270 e. The molecule has 2 aromatic rings. The molecule has 1 aliphatic rings. The molecule has 6 nitrogen and oxygen atoms in total. The third-order valence-corrected chi connectivity index (χ3v) is 5.11. The standard InChI is InChI=1S/C17H11Cl2F4N3O3/c18-10-7-8(26(28)29)1-2-9(10)17(27)25-5-3-24(4-6-25)16-14(22)12(20)11(19)13(21)15(16)23/h1-2,7H,3-6H2. The van der Waals surface area contributed by atoms with Gasteiger partial charge in [0.2, 0.25) is 0 Å². The SMILES string of the molecule is O=C(c1ccc([N+](=O)[O-])cc1Cl)N1CCN(c2c(F)c(F)c(Cl)c(F)c2F)CC1. The first-order valence-electron chi connectivity index (χ1n) is 8.13. The number of anilines is 1. The molecule has 154 valence electrons. The Morgan fingerprint density at radius 1 is 0.966 bits per heavy atom. The largest absolute Gasteiger partial charge is 0.363 e. The fraction of sp³-hybridized carbons (Fsp3) is 0.235. The van der Waals surface area contributed by atoms with E-state index in [0.29, 0.717) is 0 Å². The van der Waals surface area contributed by atoms with Gasteiger partial charge >= 0.3 is 0 Å². The summed E-state index contributed by atoms with van der Waals surface area (Å²) in [6.45, 7) is -0.302. The molecule has 0 unspecified atom stereocenters. The molecule has 2 aromatic carbocycles. The molecular formula is C17H11Cl2F4N3O3. The fourth-order valence-electron chi connectivity index (χ4n) is 2.97. The lowest BCUT2D eigenvalue weighted by Crippen LogP contribution is -2.49. The van der Waals surface area contributed by atoms with Crippen molar-refractivity contribution in [1.29, 1.82) is 0 Å². The van der Waals surface area contributed by atoms with E-state index in [0.717, 1.165) is 17.0 Å². The minimum Gasteiger partial charge on any atom is -0.363 e. The highest BCUT2D eigenvalue weighted by atomic mass is 35.5. The van der Waals surface area contributed by atoms with Gasteiger partial charge in [0.15, 0.2) is 23.3 Å². The summed E-state index contributed by atoms with van der Waals surface area (Å²) in [5, 5.41) is 9.36. The first-order chi connectivity index (χ1) is 13.6. The van der Waals surface area contributed by atoms with Gasteiger partial charge in [0.05, 0.1) is 15.5 Å². The Labute approximate surface area is 171 Å². The molecular weight excluding hydrogens is 441 g/mol. The van der Waals surface area contributed by atoms with Crippen LogP contribution in [0.5, 0.6) is 0 Å². The summed E-state index contributed by atoms with van der Waals surface area (Å²) in [6, 6.07) is 3.37. The Bertz CT molecular complexity index is 985. The van der Waals surface area contributed by atoms with E-state index >= 15 is 0 Å². The second kappa shape index (κ2) is 8.03. The number of carbonyl (C=O) groups is 1. The lowest BCUT2D eigenvalue weighted by atomic mass is 10.1. The Hall–Kier alpha value is -2.59. The molecule has 29 heavy (non-hydrogen) atoms. The van der Waals surface area contributed by atoms with Crippen LogP contribution in [0.25, 0.3) is 0 Å². The minimum absolute atomic E-state index is 0.0201. The number of nitro groups is 1. The molecule has 1 heterocycles. The topological polar surface area (TPSA) is 66.7 Å². The predicted molar refractivity (Wildman–Crippen MR) is 97.5 cm³/mol. The monoisotopic (exact) mass is 451 g/mol. The molecule has 12 heteroatoms. The van der Waals surface area contributed by atoms with E-state index in [1.54, 1.807) is 0 Å². The van der Waals surface area contributed by atoms with Crippen LogP contribution in [0.4, 0.5) is 28.9 Å². The van der Waals surface area contributed by atoms with Crippen molar-refractivity contribution in [3.8, 4) is 0 Å². The maximum absolute atomic E-state index is 14.1. The average Bonchev–Trinajstić information content (AvgIpc) is 2.71. The maximum Gasteiger partial charge on any atom is 0.270 e. The number of nitro benzene ring substituents is 1. The van der Waals surface area contributed by atoms with Gasteiger partial charge in [0, 0.05) is 38.3 Å². The van der Waals surface area contributed by atoms with Crippen LogP contribution in [-0.2, 0) is 0 Å². The van der Waals surface area contributed by atoms with Crippen LogP contribution in [0.3, 0.4) is 0 Å². The molecule has 0 N–H and O–H groups in total. The predicted octanol–water partition coefficient (Wildman–Crippen LogP) is 4.42. The zero-order chi connectivity index (χ0) is 21.5. The number of halogens is 6. The van der Waals surface area contributed by atoms with Gasteiger partial charge in [-0.2, -0.15) is 0 Å². The van der Waals surface area contributed by atoms with Gasteiger partial charge in [0.1, 0.15) is 10.7 Å². The zero-order valence-electron chi connectivity index (χ0n) is 14.4. The number of nitrogens with zero attached hydrogens (tertiary/aromatic N) is 3. The Balaban J connectivity index is 1.78. The van der Waals surface area contributed by atoms with Crippen molar-refractivity contribution < 1.29 is 27.3 Å². The molecule has 1 amide bonds. The van der Waals surface area contributed by atoms with E-state index in [-0.39, 0.29) is 42.5 Å². The van der Waals surface area contributed by atoms with Gasteiger partial charge in [-0.3, -0.25) is 14.9 Å². The van der Waals surface area contributed by atoms with Gasteiger partial charge in [-0.05, 0) is 6.07 Å². The van der Waals surface area contributed by atoms with E-state index in [9.17, 15) is 32.5 Å². The van der Waals surface area contributed by atoms with Crippen molar-refractivity contribution in [3.05, 3.63) is 67.2 Å². The molecule has 1 fully saturated rings. The van der Waals surface area contributed by atoms with Crippen LogP contribution in [-0.4, -0.2) is 41.9 Å². The first kappa shape index (κ1) is 21.1. The molecule has 0 aromatic heterocycles. The number of non-ortho nitro benzene ring substituents is 1. The van der Waals surface area contributed by atoms with Crippen LogP contribution < -0.4 is 4.90 Å². The number of hydrogen-bond acceptors (Lipinski definition) is 4. The van der Waals surface area contributed by atoms with Gasteiger partial charge in [0.25, 0.3) is 11.6 Å². The van der Waals surface area contributed by atoms with Crippen LogP contribution in [0.2, 0.25) is 10.0 Å². The summed E-state index contributed by atoms with van der Waals surface area (Å²) in [5.74, 6) is -7.17. The molecule has 0 atom stereocenters. The molecule has 0 aliphatic carbocycles. The van der Waals surface area contributed by atoms with Crippen LogP contribution >= 0.6 is 23.2 Å². The molecule has 1 saturated heterocycles. The van der Waals surface area contributed by atoms with Crippen LogP contribution in [0.15, 0.2) is 18.2 Å². The Morgan fingerprint density at radius 2 is 1.52 bits per heavy atom. The average molecular weight is 452 g/mol. The number of hydrogen-bond donors (Lipinski definition) is 0. The highest BCUT2D eigenvalue weighted by molar-refractivity contribution is 6.34. The summed E-state index contributed by atoms with van der Waals surface area (Å²) in [7, 11) is 0. The van der Waals surface area contributed by atoms with Gasteiger partial charge in [-0.15, -0.1) is 0 Å². The minimum atomic E-state index is -1.70. The van der Waals surface area contributed by atoms with Crippen molar-refractivity contribution in [1.82, 2.24) is 4.90 Å². The van der Waals surface area contributed by atoms with Crippen molar-refractivity contribution in [2.75, 3.05) is 31.1 Å². The summed E-state index contributed by atoms with van der Waals surface area (Å²) >= 11 is 11.2. The lowest BCUT2D eigenvalue weighted by molar-refractivity contribution is -0.384. The van der Waals surface area contributed by atoms with Crippen molar-refractivity contribution in [2.45, 2.75) is 0 Å². The molecule has 3 rings (SSSR count). The maximum atomic E-state index is 14.1. The number of rotatable bonds is 3. The number of benzene rings is 2. The highest BCUT2D eigenvalue weighted by Crippen LogP contribution is 2.34. The Morgan fingerprint density at radius 3 is 2.00 bits per heavy atom. The first-order valence-corrected chi connectivity index (χ1v) is 8.88. The molecule has 1 aliphatic heterocycles. The number of amides is 1. The lowest BCUT2D eigenvalue weighted by Gasteiger charge is -2.36. The molecule has 0 radical (unpaired) electrons. The number of piperazine rings is 1. The normalized spacial score (nSPS) is 14.3. The Kier molecular flexibility index (Phi) is 5.85. The summed E-state index contributed by atoms with van der Waals surface area (Å²) in [5.41, 5.74) is -1.16. The third-order valence-electron chi connectivity index (χ3n) is 4.46. The number of carbonyl (C=O) groups excluding carboxylic acids is 1. The molecule has 0 spiro atoms. The third kappa shape index (κ3) is 3.82. The zero-order valence-corrected chi connectivity index (χ0v) is 15.9. The van der Waals surface area contributed by atoms with Gasteiger partial charge in [-0.1, -0.05) is 23.2 Å². The quantitative estimate of drug-likeness (QED) is 0.228. The molecule has 0 saturated carbocycles. The highest BCUT2D eigenvalue weighted by Gasteiger charge is 2.31.